The van der Waals surface area contributed by atoms with Crippen molar-refractivity contribution in [1.29, 1.82) is 0 Å². The van der Waals surface area contributed by atoms with Crippen LogP contribution >= 0.6 is 0 Å². The van der Waals surface area contributed by atoms with Crippen LogP contribution in [0.25, 0.3) is 11.6 Å². The summed E-state index contributed by atoms with van der Waals surface area (Å²) in [5.41, 5.74) is 11.7. The Balaban J connectivity index is 1.95. The quantitative estimate of drug-likeness (QED) is 0.285. The van der Waals surface area contributed by atoms with Crippen LogP contribution in [0.4, 0.5) is 26.0 Å². The largest absolute Gasteiger partial charge is 0.404 e. The van der Waals surface area contributed by atoms with Gasteiger partial charge in [0.15, 0.2) is 0 Å². The van der Waals surface area contributed by atoms with Crippen LogP contribution in [-0.4, -0.2) is 17.9 Å². The van der Waals surface area contributed by atoms with Crippen LogP contribution < -0.4 is 16.0 Å². The van der Waals surface area contributed by atoms with E-state index in [-0.39, 0.29) is 5.56 Å². The van der Waals surface area contributed by atoms with Gasteiger partial charge in [-0.15, -0.1) is 0 Å². The van der Waals surface area contributed by atoms with Crippen molar-refractivity contribution in [1.82, 2.24) is 4.98 Å². The third kappa shape index (κ3) is 5.60. The van der Waals surface area contributed by atoms with E-state index in [4.69, 9.17) is 10.7 Å². The fraction of sp³-hybridized carbons (Fsp3) is 0.400. The van der Waals surface area contributed by atoms with Crippen molar-refractivity contribution in [2.45, 2.75) is 71.1 Å². The summed E-state index contributed by atoms with van der Waals surface area (Å²) in [6.07, 6.45) is 10.1. The van der Waals surface area contributed by atoms with Gasteiger partial charge in [0.1, 0.15) is 5.82 Å². The minimum absolute atomic E-state index is 0.0827. The second kappa shape index (κ2) is 11.7. The van der Waals surface area contributed by atoms with E-state index in [0.717, 1.165) is 66.6 Å². The predicted octanol–water partition coefficient (Wildman–Crippen LogP) is 7.63. The van der Waals surface area contributed by atoms with Gasteiger partial charge in [-0.1, -0.05) is 43.6 Å². The zero-order chi connectivity index (χ0) is 26.5. The molecule has 1 amide bonds. The summed E-state index contributed by atoms with van der Waals surface area (Å²) in [6, 6.07) is 5.39. The molecule has 5 nitrogen and oxygen atoms in total. The molecule has 2 aliphatic rings. The fourth-order valence-corrected chi connectivity index (χ4v) is 5.56. The van der Waals surface area contributed by atoms with Crippen molar-refractivity contribution < 1.29 is 13.6 Å². The van der Waals surface area contributed by atoms with E-state index >= 15 is 0 Å². The summed E-state index contributed by atoms with van der Waals surface area (Å²) in [6.45, 7) is 8.37. The maximum atomic E-state index is 14.3. The number of amides is 1. The fourth-order valence-electron chi connectivity index (χ4n) is 5.56. The third-order valence-electron chi connectivity index (χ3n) is 7.30. The lowest BCUT2D eigenvalue weighted by atomic mass is 9.86. The second-order valence-electron chi connectivity index (χ2n) is 10.1. The van der Waals surface area contributed by atoms with Crippen LogP contribution in [0.2, 0.25) is 0 Å². The predicted molar refractivity (Wildman–Crippen MR) is 148 cm³/mol. The molecule has 0 bridgehead atoms. The summed E-state index contributed by atoms with van der Waals surface area (Å²) in [5.74, 6) is 1.01. The average Bonchev–Trinajstić information content (AvgIpc) is 2.89. The van der Waals surface area contributed by atoms with Crippen LogP contribution in [0.1, 0.15) is 92.7 Å². The summed E-state index contributed by atoms with van der Waals surface area (Å²) < 4.78 is 28.6. The Bertz CT molecular complexity index is 1220. The molecule has 196 valence electrons. The van der Waals surface area contributed by atoms with Gasteiger partial charge in [0.05, 0.1) is 5.69 Å². The van der Waals surface area contributed by atoms with Crippen molar-refractivity contribution in [3.63, 3.8) is 0 Å². The summed E-state index contributed by atoms with van der Waals surface area (Å²) in [4.78, 5) is 18.8. The van der Waals surface area contributed by atoms with Gasteiger partial charge in [0.25, 0.3) is 6.43 Å². The number of carbonyl (C=O) groups excluding carboxylic acids is 1. The molecule has 3 N–H and O–H groups in total. The molecule has 0 spiro atoms. The van der Waals surface area contributed by atoms with E-state index in [1.54, 1.807) is 6.07 Å². The maximum Gasteiger partial charge on any atom is 0.264 e. The molecule has 0 atom stereocenters. The number of hydrogen-bond donors (Lipinski definition) is 2. The van der Waals surface area contributed by atoms with Gasteiger partial charge < -0.3 is 16.0 Å². The number of anilines is 3. The molecule has 4 rings (SSSR count). The average molecular weight is 507 g/mol. The third-order valence-corrected chi connectivity index (χ3v) is 7.30. The van der Waals surface area contributed by atoms with Crippen LogP contribution in [0.5, 0.6) is 0 Å². The van der Waals surface area contributed by atoms with E-state index in [1.165, 1.54) is 18.7 Å². The number of allylic oxidation sites excluding steroid dienone is 3. The summed E-state index contributed by atoms with van der Waals surface area (Å²) in [7, 11) is 0. The first-order valence-corrected chi connectivity index (χ1v) is 13.0. The molecule has 1 aliphatic carbocycles. The first kappa shape index (κ1) is 26.6. The normalized spacial score (nSPS) is 16.4. The Labute approximate surface area is 218 Å². The van der Waals surface area contributed by atoms with Gasteiger partial charge in [-0.25, -0.2) is 13.8 Å². The van der Waals surface area contributed by atoms with Gasteiger partial charge in [-0.3, -0.25) is 4.79 Å². The monoisotopic (exact) mass is 506 g/mol. The van der Waals surface area contributed by atoms with Crippen molar-refractivity contribution in [3.8, 4) is 0 Å². The van der Waals surface area contributed by atoms with Crippen molar-refractivity contribution in [2.24, 2.45) is 5.73 Å². The van der Waals surface area contributed by atoms with Crippen LogP contribution in [0.3, 0.4) is 0 Å². The van der Waals surface area contributed by atoms with Crippen LogP contribution in [-0.2, 0) is 11.2 Å². The number of nitrogens with zero attached hydrogens (tertiary/aromatic N) is 2. The van der Waals surface area contributed by atoms with Gasteiger partial charge >= 0.3 is 0 Å². The molecular formula is C30H36F2N4O. The van der Waals surface area contributed by atoms with Gasteiger partial charge in [0.2, 0.25) is 6.41 Å². The molecule has 1 fully saturated rings. The first-order chi connectivity index (χ1) is 17.9. The smallest absolute Gasteiger partial charge is 0.264 e. The lowest BCUT2D eigenvalue weighted by molar-refractivity contribution is -0.105. The SMILES string of the molecule is C=C/C(=C\N)c1cc2c(cc1C(F)F)N(c1nc(C3CCCCC3)cc(NC=O)c1C=C(C)C)CCC2. The van der Waals surface area contributed by atoms with E-state index in [0.29, 0.717) is 41.5 Å². The van der Waals surface area contributed by atoms with E-state index < -0.39 is 6.43 Å². The molecule has 37 heavy (non-hydrogen) atoms. The molecule has 1 aliphatic heterocycles. The number of alkyl halides is 2. The highest BCUT2D eigenvalue weighted by Crippen LogP contribution is 2.43. The molecule has 0 radical (unpaired) electrons. The van der Waals surface area contributed by atoms with Crippen molar-refractivity contribution in [2.75, 3.05) is 16.8 Å². The number of benzene rings is 1. The molecule has 7 heteroatoms. The summed E-state index contributed by atoms with van der Waals surface area (Å²) >= 11 is 0. The maximum absolute atomic E-state index is 14.3. The number of carbonyl (C=O) groups is 1. The first-order valence-electron chi connectivity index (χ1n) is 13.0. The molecule has 0 saturated heterocycles. The zero-order valence-electron chi connectivity index (χ0n) is 21.7. The highest BCUT2D eigenvalue weighted by Gasteiger charge is 2.28. The topological polar surface area (TPSA) is 71.2 Å². The van der Waals surface area contributed by atoms with Crippen LogP contribution in [0.15, 0.2) is 42.6 Å². The summed E-state index contributed by atoms with van der Waals surface area (Å²) in [5, 5.41) is 2.89. The highest BCUT2D eigenvalue weighted by molar-refractivity contribution is 5.87. The Kier molecular flexibility index (Phi) is 8.41. The van der Waals surface area contributed by atoms with Gasteiger partial charge in [-0.2, -0.15) is 0 Å². The molecule has 2 heterocycles. The minimum atomic E-state index is -2.68. The standard InChI is InChI=1S/C30H36F2N4O/c1-4-20(17-33)23-14-22-11-8-12-36(28(22)15-24(23)29(31)32)30-25(13-19(2)3)27(34-18-37)16-26(35-30)21-9-6-5-7-10-21/h4,13-18,21,29H,1,5-12,33H2,2-3H3,(H,34,35,37)/b20-17+. The van der Waals surface area contributed by atoms with E-state index in [1.807, 2.05) is 37.0 Å². The number of nitrogens with two attached hydrogens (primary N) is 1. The lowest BCUT2D eigenvalue weighted by Crippen LogP contribution is -2.27. The van der Waals surface area contributed by atoms with E-state index in [9.17, 15) is 13.6 Å². The molecule has 2 aromatic rings. The number of nitrogens with one attached hydrogen (secondary N) is 1. The molecule has 1 aromatic heterocycles. The molecule has 1 aromatic carbocycles. The number of halogens is 2. The number of fused-ring (bicyclic) bond motifs is 1. The van der Waals surface area contributed by atoms with E-state index in [2.05, 4.69) is 11.9 Å². The van der Waals surface area contributed by atoms with Crippen LogP contribution in [0, 0.1) is 0 Å². The van der Waals surface area contributed by atoms with Crippen molar-refractivity contribution >= 4 is 35.3 Å². The Hall–Kier alpha value is -3.48. The second-order valence-corrected chi connectivity index (χ2v) is 10.1. The van der Waals surface area contributed by atoms with Crippen molar-refractivity contribution in [3.05, 3.63) is 70.6 Å². The molecule has 0 unspecified atom stereocenters. The van der Waals surface area contributed by atoms with Gasteiger partial charge in [0, 0.05) is 41.2 Å². The Morgan fingerprint density at radius 2 is 1.95 bits per heavy atom. The Morgan fingerprint density at radius 3 is 2.57 bits per heavy atom. The number of hydrogen-bond acceptors (Lipinski definition) is 4. The molecular weight excluding hydrogens is 470 g/mol. The highest BCUT2D eigenvalue weighted by atomic mass is 19.3. The number of aryl methyl sites for hydroxylation is 1. The van der Waals surface area contributed by atoms with Gasteiger partial charge in [-0.05, 0) is 74.4 Å². The number of rotatable bonds is 8. The number of aromatic nitrogens is 1. The minimum Gasteiger partial charge on any atom is -0.404 e. The molecule has 1 saturated carbocycles. The zero-order valence-corrected chi connectivity index (χ0v) is 21.7. The lowest BCUT2D eigenvalue weighted by Gasteiger charge is -2.34. The number of pyridine rings is 1. The Morgan fingerprint density at radius 1 is 1.19 bits per heavy atom.